The number of nitriles is 1. The number of urea groups is 1. The summed E-state index contributed by atoms with van der Waals surface area (Å²) in [6.07, 6.45) is 4.49. The van der Waals surface area contributed by atoms with Gasteiger partial charge < -0.3 is 19.1 Å². The van der Waals surface area contributed by atoms with Crippen LogP contribution in [0.25, 0.3) is 0 Å². The average Bonchev–Trinajstić information content (AvgIpc) is 3.12. The van der Waals surface area contributed by atoms with Gasteiger partial charge in [-0.2, -0.15) is 5.26 Å². The molecule has 220 valence electrons. The van der Waals surface area contributed by atoms with Crippen LogP contribution in [0.3, 0.4) is 0 Å². The number of pyridine rings is 2. The van der Waals surface area contributed by atoms with Gasteiger partial charge in [0.2, 0.25) is 12.2 Å². The predicted molar refractivity (Wildman–Crippen MR) is 152 cm³/mol. The van der Waals surface area contributed by atoms with E-state index in [0.29, 0.717) is 62.1 Å². The quantitative estimate of drug-likeness (QED) is 0.341. The lowest BCUT2D eigenvalue weighted by atomic mass is 10.0. The number of fused-ring (bicyclic) bond motifs is 1. The predicted octanol–water partition coefficient (Wildman–Crippen LogP) is 2.87. The van der Waals surface area contributed by atoms with Crippen molar-refractivity contribution in [3.8, 4) is 6.07 Å². The Hall–Kier alpha value is -3.63. The third kappa shape index (κ3) is 7.37. The van der Waals surface area contributed by atoms with Crippen LogP contribution >= 0.6 is 0 Å². The molecule has 2 aromatic rings. The molecular weight excluding hydrogens is 526 g/mol. The van der Waals surface area contributed by atoms with Crippen LogP contribution < -0.4 is 10.2 Å². The molecule has 0 aromatic carbocycles. The Morgan fingerprint density at radius 3 is 2.68 bits per heavy atom. The van der Waals surface area contributed by atoms with Crippen LogP contribution in [0, 0.1) is 11.3 Å². The summed E-state index contributed by atoms with van der Waals surface area (Å²) in [6, 6.07) is 5.56. The molecule has 0 radical (unpaired) electrons. The minimum Gasteiger partial charge on any atom is -0.385 e. The van der Waals surface area contributed by atoms with Crippen molar-refractivity contribution in [1.82, 2.24) is 19.8 Å². The first kappa shape index (κ1) is 30.3. The number of likely N-dealkylation sites (N-methyl/N-ethyl adjacent to an activating group) is 1. The van der Waals surface area contributed by atoms with Gasteiger partial charge in [-0.05, 0) is 68.0 Å². The number of ether oxygens (including phenoxy) is 3. The number of nitrogens with one attached hydrogen (secondary N) is 1. The molecule has 12 heteroatoms. The number of nitrogens with zero attached hydrogens (tertiary/aromatic N) is 6. The smallest absolute Gasteiger partial charge is 0.328 e. The van der Waals surface area contributed by atoms with E-state index in [1.165, 1.54) is 20.4 Å². The van der Waals surface area contributed by atoms with Crippen molar-refractivity contribution in [3.05, 3.63) is 46.3 Å². The van der Waals surface area contributed by atoms with Gasteiger partial charge in [0, 0.05) is 60.3 Å². The number of aryl methyl sites for hydroxylation is 2. The maximum Gasteiger partial charge on any atom is 0.328 e. The third-order valence-corrected chi connectivity index (χ3v) is 7.40. The number of methoxy groups -OCH3 is 3. The lowest BCUT2D eigenvalue weighted by Crippen LogP contribution is -2.40. The second-order valence-electron chi connectivity index (χ2n) is 10.3. The molecule has 3 amide bonds. The van der Waals surface area contributed by atoms with Crippen LogP contribution in [0.5, 0.6) is 0 Å². The maximum atomic E-state index is 13.5. The van der Waals surface area contributed by atoms with Gasteiger partial charge in [0.15, 0.2) is 0 Å². The lowest BCUT2D eigenvalue weighted by molar-refractivity contribution is -0.131. The van der Waals surface area contributed by atoms with E-state index in [1.54, 1.807) is 18.1 Å². The lowest BCUT2D eigenvalue weighted by Gasteiger charge is -2.31. The second-order valence-corrected chi connectivity index (χ2v) is 10.3. The Bertz CT molecular complexity index is 1280. The summed E-state index contributed by atoms with van der Waals surface area (Å²) in [5.74, 6) is 0.960. The molecule has 1 saturated heterocycles. The molecule has 0 unspecified atom stereocenters. The molecule has 12 nitrogen and oxygen atoms in total. The Labute approximate surface area is 241 Å². The van der Waals surface area contributed by atoms with Crippen LogP contribution in [0.2, 0.25) is 0 Å². The highest BCUT2D eigenvalue weighted by molar-refractivity contribution is 6.01. The highest BCUT2D eigenvalue weighted by atomic mass is 16.7. The van der Waals surface area contributed by atoms with Crippen LogP contribution in [-0.4, -0.2) is 92.9 Å². The van der Waals surface area contributed by atoms with Crippen molar-refractivity contribution >= 4 is 23.6 Å². The summed E-state index contributed by atoms with van der Waals surface area (Å²) in [5, 5.41) is 12.4. The van der Waals surface area contributed by atoms with E-state index in [0.717, 1.165) is 48.9 Å². The van der Waals surface area contributed by atoms with Crippen molar-refractivity contribution in [2.75, 3.05) is 71.4 Å². The average molecular weight is 566 g/mol. The zero-order valence-electron chi connectivity index (χ0n) is 24.3. The van der Waals surface area contributed by atoms with Gasteiger partial charge in [0.05, 0.1) is 12.1 Å². The summed E-state index contributed by atoms with van der Waals surface area (Å²) in [7, 11) is 6.66. The third-order valence-electron chi connectivity index (χ3n) is 7.40. The van der Waals surface area contributed by atoms with E-state index in [-0.39, 0.29) is 11.9 Å². The number of anilines is 2. The highest BCUT2D eigenvalue weighted by Gasteiger charge is 2.30. The molecule has 4 heterocycles. The molecule has 0 spiro atoms. The van der Waals surface area contributed by atoms with Crippen LogP contribution in [0.1, 0.15) is 53.5 Å². The van der Waals surface area contributed by atoms with Crippen LogP contribution in [-0.2, 0) is 38.4 Å². The summed E-state index contributed by atoms with van der Waals surface area (Å²) in [4.78, 5) is 41.1. The van der Waals surface area contributed by atoms with E-state index in [4.69, 9.17) is 19.2 Å². The summed E-state index contributed by atoms with van der Waals surface area (Å²) in [6.45, 7) is 3.33. The van der Waals surface area contributed by atoms with Crippen LogP contribution in [0.15, 0.2) is 18.3 Å². The summed E-state index contributed by atoms with van der Waals surface area (Å²) < 4.78 is 16.3. The fraction of sp³-hybridized carbons (Fsp3) is 0.552. The van der Waals surface area contributed by atoms with Crippen molar-refractivity contribution < 1.29 is 23.8 Å². The molecule has 0 aliphatic carbocycles. The zero-order chi connectivity index (χ0) is 29.4. The first-order valence-electron chi connectivity index (χ1n) is 13.9. The van der Waals surface area contributed by atoms with Gasteiger partial charge in [0.1, 0.15) is 23.4 Å². The minimum absolute atomic E-state index is 0.0672. The number of carbonyl (C=O) groups excluding carboxylic acids is 2. The van der Waals surface area contributed by atoms with Gasteiger partial charge >= 0.3 is 6.03 Å². The Balaban J connectivity index is 1.61. The van der Waals surface area contributed by atoms with Crippen molar-refractivity contribution in [1.29, 1.82) is 5.26 Å². The standard InChI is InChI=1S/C29H39N7O5/c1-34-10-7-11-35(25(37)19-34)18-22-14-21-8-5-12-36(27(21)33-26(22)28(40-3)41-4)29(38)32-24-15-20(9-6-13-39-2)23(16-30)17-31-24/h14-15,17,28H,5-13,18-19H2,1-4H3,(H,31,32,38). The number of rotatable bonds is 10. The number of hydrogen-bond donors (Lipinski definition) is 1. The first-order valence-corrected chi connectivity index (χ1v) is 13.9. The van der Waals surface area contributed by atoms with E-state index in [9.17, 15) is 14.9 Å². The van der Waals surface area contributed by atoms with Crippen LogP contribution in [0.4, 0.5) is 16.4 Å². The molecule has 2 aliphatic heterocycles. The van der Waals surface area contributed by atoms with Gasteiger partial charge in [-0.25, -0.2) is 14.8 Å². The summed E-state index contributed by atoms with van der Waals surface area (Å²) >= 11 is 0. The molecule has 0 atom stereocenters. The maximum absolute atomic E-state index is 13.5. The van der Waals surface area contributed by atoms with Gasteiger partial charge in [-0.3, -0.25) is 19.9 Å². The Kier molecular flexibility index (Phi) is 10.6. The molecule has 41 heavy (non-hydrogen) atoms. The monoisotopic (exact) mass is 565 g/mol. The summed E-state index contributed by atoms with van der Waals surface area (Å²) in [5.41, 5.74) is 3.57. The molecule has 1 N–H and O–H groups in total. The molecule has 1 fully saturated rings. The van der Waals surface area contributed by atoms with Gasteiger partial charge in [-0.1, -0.05) is 0 Å². The first-order chi connectivity index (χ1) is 19.9. The molecule has 2 aromatic heterocycles. The zero-order valence-corrected chi connectivity index (χ0v) is 24.3. The fourth-order valence-electron chi connectivity index (χ4n) is 5.30. The fourth-order valence-corrected chi connectivity index (χ4v) is 5.30. The minimum atomic E-state index is -0.762. The largest absolute Gasteiger partial charge is 0.385 e. The number of hydrogen-bond acceptors (Lipinski definition) is 9. The van der Waals surface area contributed by atoms with Gasteiger partial charge in [-0.15, -0.1) is 0 Å². The molecule has 4 rings (SSSR count). The number of carbonyl (C=O) groups is 2. The van der Waals surface area contributed by atoms with Crippen molar-refractivity contribution in [2.45, 2.75) is 44.9 Å². The normalized spacial score (nSPS) is 16.0. The van der Waals surface area contributed by atoms with E-state index in [1.807, 2.05) is 22.9 Å². The highest BCUT2D eigenvalue weighted by Crippen LogP contribution is 2.32. The number of amides is 3. The molecule has 0 saturated carbocycles. The topological polar surface area (TPSA) is 133 Å². The molecule has 2 aliphatic rings. The van der Waals surface area contributed by atoms with E-state index < -0.39 is 6.29 Å². The number of aromatic nitrogens is 2. The van der Waals surface area contributed by atoms with Crippen molar-refractivity contribution in [2.24, 2.45) is 0 Å². The van der Waals surface area contributed by atoms with Crippen molar-refractivity contribution in [3.63, 3.8) is 0 Å². The Morgan fingerprint density at radius 2 is 1.95 bits per heavy atom. The SMILES string of the molecule is COCCCc1cc(NC(=O)N2CCCc3cc(CN4CCCN(C)CC4=O)c(C(OC)OC)nc32)ncc1C#N. The van der Waals surface area contributed by atoms with E-state index >= 15 is 0 Å². The Morgan fingerprint density at radius 1 is 1.15 bits per heavy atom. The van der Waals surface area contributed by atoms with E-state index in [2.05, 4.69) is 16.4 Å². The second kappa shape index (κ2) is 14.3. The molecular formula is C29H39N7O5. The molecule has 0 bridgehead atoms. The van der Waals surface area contributed by atoms with Gasteiger partial charge in [0.25, 0.3) is 0 Å².